The highest BCUT2D eigenvalue weighted by atomic mass is 32.1. The zero-order valence-corrected chi connectivity index (χ0v) is 14.5. The van der Waals surface area contributed by atoms with Gasteiger partial charge in [-0.05, 0) is 49.1 Å². The van der Waals surface area contributed by atoms with Crippen LogP contribution in [0.4, 0.5) is 5.00 Å². The minimum atomic E-state index is -0.132. The van der Waals surface area contributed by atoms with Crippen LogP contribution >= 0.6 is 11.3 Å². The lowest BCUT2D eigenvalue weighted by Gasteiger charge is -2.06. The summed E-state index contributed by atoms with van der Waals surface area (Å²) in [5.41, 5.74) is 1.84. The van der Waals surface area contributed by atoms with E-state index in [1.807, 2.05) is 37.3 Å². The van der Waals surface area contributed by atoms with Crippen molar-refractivity contribution in [3.8, 4) is 5.75 Å². The first kappa shape index (κ1) is 16.5. The molecule has 2 N–H and O–H groups in total. The van der Waals surface area contributed by atoms with Crippen molar-refractivity contribution in [1.82, 2.24) is 5.32 Å². The summed E-state index contributed by atoms with van der Waals surface area (Å²) >= 11 is 1.32. The highest BCUT2D eigenvalue weighted by molar-refractivity contribution is 7.18. The van der Waals surface area contributed by atoms with Gasteiger partial charge in [0.2, 0.25) is 5.91 Å². The molecule has 1 aliphatic carbocycles. The van der Waals surface area contributed by atoms with Crippen LogP contribution in [0.3, 0.4) is 0 Å². The van der Waals surface area contributed by atoms with Crippen LogP contribution in [0.25, 0.3) is 0 Å². The van der Waals surface area contributed by atoms with E-state index in [-0.39, 0.29) is 17.7 Å². The first-order valence-corrected chi connectivity index (χ1v) is 8.71. The van der Waals surface area contributed by atoms with Crippen molar-refractivity contribution >= 4 is 28.2 Å². The Kier molecular flexibility index (Phi) is 4.85. The number of benzene rings is 1. The number of carbonyl (C=O) groups excluding carboxylic acids is 2. The number of ether oxygens (including phenoxy) is 1. The zero-order valence-electron chi connectivity index (χ0n) is 13.7. The Labute approximate surface area is 145 Å². The van der Waals surface area contributed by atoms with Crippen molar-refractivity contribution in [3.63, 3.8) is 0 Å². The van der Waals surface area contributed by atoms with Crippen LogP contribution in [-0.2, 0) is 11.3 Å². The molecule has 0 radical (unpaired) electrons. The maximum absolute atomic E-state index is 12.4. The SMILES string of the molecule is COc1cccc(CNC(=O)c2sc(NC(=O)C3CC3)cc2C)c1. The van der Waals surface area contributed by atoms with E-state index in [2.05, 4.69) is 10.6 Å². The molecular weight excluding hydrogens is 324 g/mol. The number of carbonyl (C=O) groups is 2. The Balaban J connectivity index is 1.61. The Bertz CT molecular complexity index is 765. The molecule has 6 heteroatoms. The maximum Gasteiger partial charge on any atom is 0.261 e. The zero-order chi connectivity index (χ0) is 17.1. The maximum atomic E-state index is 12.4. The molecule has 1 aromatic carbocycles. The predicted molar refractivity (Wildman–Crippen MR) is 94.6 cm³/mol. The Morgan fingerprint density at radius 2 is 2.08 bits per heavy atom. The molecule has 0 saturated heterocycles. The van der Waals surface area contributed by atoms with Gasteiger partial charge < -0.3 is 15.4 Å². The monoisotopic (exact) mass is 344 g/mol. The van der Waals surface area contributed by atoms with Gasteiger partial charge >= 0.3 is 0 Å². The minimum absolute atomic E-state index is 0.0552. The molecule has 2 amide bonds. The summed E-state index contributed by atoms with van der Waals surface area (Å²) in [6, 6.07) is 9.44. The lowest BCUT2D eigenvalue weighted by Crippen LogP contribution is -2.22. The van der Waals surface area contributed by atoms with Crippen molar-refractivity contribution in [2.45, 2.75) is 26.3 Å². The quantitative estimate of drug-likeness (QED) is 0.844. The van der Waals surface area contributed by atoms with Crippen LogP contribution in [0.2, 0.25) is 0 Å². The van der Waals surface area contributed by atoms with E-state index in [1.165, 1.54) is 11.3 Å². The molecule has 5 nitrogen and oxygen atoms in total. The molecule has 1 fully saturated rings. The lowest BCUT2D eigenvalue weighted by molar-refractivity contribution is -0.117. The average Bonchev–Trinajstić information content (AvgIpc) is 3.37. The molecular formula is C18H20N2O3S. The van der Waals surface area contributed by atoms with Crippen LogP contribution in [-0.4, -0.2) is 18.9 Å². The topological polar surface area (TPSA) is 67.4 Å². The standard InChI is InChI=1S/C18H20N2O3S/c1-11-8-15(20-17(21)13-6-7-13)24-16(11)18(22)19-10-12-4-3-5-14(9-12)23-2/h3-5,8-9,13H,6-7,10H2,1-2H3,(H,19,22)(H,20,21). The third kappa shape index (κ3) is 3.94. The molecule has 24 heavy (non-hydrogen) atoms. The summed E-state index contributed by atoms with van der Waals surface area (Å²) in [6.07, 6.45) is 1.92. The number of methoxy groups -OCH3 is 1. The van der Waals surface area contributed by atoms with Crippen LogP contribution < -0.4 is 15.4 Å². The van der Waals surface area contributed by atoms with Crippen molar-refractivity contribution in [2.24, 2.45) is 5.92 Å². The van der Waals surface area contributed by atoms with Gasteiger partial charge in [-0.3, -0.25) is 9.59 Å². The van der Waals surface area contributed by atoms with Gasteiger partial charge in [0.25, 0.3) is 5.91 Å². The second kappa shape index (κ2) is 7.05. The fraction of sp³-hybridized carbons (Fsp3) is 0.333. The number of hydrogen-bond acceptors (Lipinski definition) is 4. The molecule has 0 spiro atoms. The van der Waals surface area contributed by atoms with E-state index in [0.717, 1.165) is 34.7 Å². The Morgan fingerprint density at radius 1 is 1.29 bits per heavy atom. The number of aryl methyl sites for hydroxylation is 1. The molecule has 1 saturated carbocycles. The summed E-state index contributed by atoms with van der Waals surface area (Å²) in [4.78, 5) is 24.8. The van der Waals surface area contributed by atoms with E-state index in [0.29, 0.717) is 11.4 Å². The second-order valence-electron chi connectivity index (χ2n) is 5.92. The summed E-state index contributed by atoms with van der Waals surface area (Å²) in [7, 11) is 1.62. The first-order chi connectivity index (χ1) is 11.6. The minimum Gasteiger partial charge on any atom is -0.497 e. The first-order valence-electron chi connectivity index (χ1n) is 7.89. The van der Waals surface area contributed by atoms with Crippen molar-refractivity contribution in [2.75, 3.05) is 12.4 Å². The predicted octanol–water partition coefficient (Wildman–Crippen LogP) is 3.34. The Morgan fingerprint density at radius 3 is 2.79 bits per heavy atom. The average molecular weight is 344 g/mol. The summed E-state index contributed by atoms with van der Waals surface area (Å²) in [5, 5.41) is 6.54. The molecule has 1 aromatic heterocycles. The van der Waals surface area contributed by atoms with Crippen molar-refractivity contribution in [3.05, 3.63) is 46.3 Å². The molecule has 1 heterocycles. The van der Waals surface area contributed by atoms with Crippen molar-refractivity contribution in [1.29, 1.82) is 0 Å². The molecule has 2 aromatic rings. The van der Waals surface area contributed by atoms with Gasteiger partial charge in [0, 0.05) is 12.5 Å². The van der Waals surface area contributed by atoms with E-state index in [9.17, 15) is 9.59 Å². The highest BCUT2D eigenvalue weighted by Gasteiger charge is 2.30. The number of nitrogens with one attached hydrogen (secondary N) is 2. The molecule has 0 bridgehead atoms. The summed E-state index contributed by atoms with van der Waals surface area (Å²) in [6.45, 7) is 2.31. The smallest absolute Gasteiger partial charge is 0.261 e. The summed E-state index contributed by atoms with van der Waals surface area (Å²) < 4.78 is 5.18. The van der Waals surface area contributed by atoms with E-state index in [4.69, 9.17) is 4.74 Å². The van der Waals surface area contributed by atoms with Crippen molar-refractivity contribution < 1.29 is 14.3 Å². The molecule has 1 aliphatic rings. The van der Waals surface area contributed by atoms with Gasteiger partial charge in [-0.25, -0.2) is 0 Å². The van der Waals surface area contributed by atoms with E-state index >= 15 is 0 Å². The fourth-order valence-corrected chi connectivity index (χ4v) is 3.38. The molecule has 126 valence electrons. The van der Waals surface area contributed by atoms with Crippen LogP contribution in [0, 0.1) is 12.8 Å². The van der Waals surface area contributed by atoms with E-state index in [1.54, 1.807) is 7.11 Å². The van der Waals surface area contributed by atoms with Gasteiger partial charge in [0.1, 0.15) is 5.75 Å². The molecule has 0 unspecified atom stereocenters. The molecule has 3 rings (SSSR count). The highest BCUT2D eigenvalue weighted by Crippen LogP contribution is 2.32. The van der Waals surface area contributed by atoms with Crippen LogP contribution in [0.15, 0.2) is 30.3 Å². The molecule has 0 atom stereocenters. The number of hydrogen-bond donors (Lipinski definition) is 2. The normalized spacial score (nSPS) is 13.4. The number of rotatable bonds is 6. The van der Waals surface area contributed by atoms with Crippen LogP contribution in [0.5, 0.6) is 5.75 Å². The Hall–Kier alpha value is -2.34. The van der Waals surface area contributed by atoms with Gasteiger partial charge in [0.15, 0.2) is 0 Å². The van der Waals surface area contributed by atoms with E-state index < -0.39 is 0 Å². The molecule has 0 aliphatic heterocycles. The van der Waals surface area contributed by atoms with Crippen LogP contribution in [0.1, 0.15) is 33.6 Å². The van der Waals surface area contributed by atoms with Gasteiger partial charge in [-0.15, -0.1) is 11.3 Å². The number of thiophene rings is 1. The third-order valence-electron chi connectivity index (χ3n) is 3.91. The van der Waals surface area contributed by atoms with Gasteiger partial charge in [-0.2, -0.15) is 0 Å². The fourth-order valence-electron chi connectivity index (χ4n) is 2.38. The largest absolute Gasteiger partial charge is 0.497 e. The van der Waals surface area contributed by atoms with Gasteiger partial charge in [0.05, 0.1) is 17.0 Å². The third-order valence-corrected chi connectivity index (χ3v) is 5.06. The lowest BCUT2D eigenvalue weighted by atomic mass is 10.2. The number of anilines is 1. The second-order valence-corrected chi connectivity index (χ2v) is 6.97. The van der Waals surface area contributed by atoms with Gasteiger partial charge in [-0.1, -0.05) is 12.1 Å². The number of amides is 2. The summed E-state index contributed by atoms with van der Waals surface area (Å²) in [5.74, 6) is 0.837.